The van der Waals surface area contributed by atoms with E-state index >= 15 is 0 Å². The fourth-order valence-corrected chi connectivity index (χ4v) is 1.66. The van der Waals surface area contributed by atoms with E-state index < -0.39 is 5.41 Å². The van der Waals surface area contributed by atoms with Crippen molar-refractivity contribution in [1.82, 2.24) is 0 Å². The first kappa shape index (κ1) is 13.3. The maximum absolute atomic E-state index is 11.8. The Kier molecular flexibility index (Phi) is 6.43. The van der Waals surface area contributed by atoms with Crippen molar-refractivity contribution in [3.05, 3.63) is 0 Å². The van der Waals surface area contributed by atoms with Crippen molar-refractivity contribution in [2.75, 3.05) is 0 Å². The number of hydrogen-bond donors (Lipinski definition) is 0. The molecule has 0 N–H and O–H groups in total. The van der Waals surface area contributed by atoms with Gasteiger partial charge in [-0.25, -0.2) is 0 Å². The van der Waals surface area contributed by atoms with Crippen LogP contribution in [0.15, 0.2) is 0 Å². The van der Waals surface area contributed by atoms with Crippen molar-refractivity contribution in [2.24, 2.45) is 5.41 Å². The standard InChI is InChI=1S/C12H22O2/c1-4-7-8-9-11(14)12(5-2,6-3)10-13/h10H,4-9H2,1-3H3. The highest BCUT2D eigenvalue weighted by molar-refractivity contribution is 5.97. The quantitative estimate of drug-likeness (QED) is 0.341. The van der Waals surface area contributed by atoms with E-state index in [0.29, 0.717) is 19.3 Å². The van der Waals surface area contributed by atoms with Crippen molar-refractivity contribution in [2.45, 2.75) is 59.3 Å². The molecule has 0 amide bonds. The van der Waals surface area contributed by atoms with Crippen LogP contribution in [0.5, 0.6) is 0 Å². The molecule has 82 valence electrons. The average Bonchev–Trinajstić information content (AvgIpc) is 2.22. The Hall–Kier alpha value is -0.660. The largest absolute Gasteiger partial charge is 0.302 e. The second kappa shape index (κ2) is 6.74. The molecule has 2 heteroatoms. The summed E-state index contributed by atoms with van der Waals surface area (Å²) in [5, 5.41) is 0. The lowest BCUT2D eigenvalue weighted by Gasteiger charge is -2.22. The van der Waals surface area contributed by atoms with E-state index in [2.05, 4.69) is 6.92 Å². The molecule has 0 fully saturated rings. The van der Waals surface area contributed by atoms with Gasteiger partial charge in [0, 0.05) is 6.42 Å². The number of Topliss-reactive ketones (excluding diaryl/α,β-unsaturated/α-hetero) is 1. The molecule has 14 heavy (non-hydrogen) atoms. The minimum Gasteiger partial charge on any atom is -0.302 e. The number of ketones is 1. The third-order valence-corrected chi connectivity index (χ3v) is 3.05. The topological polar surface area (TPSA) is 34.1 Å². The Labute approximate surface area is 87.1 Å². The molecule has 0 aromatic carbocycles. The Morgan fingerprint density at radius 2 is 1.71 bits per heavy atom. The molecule has 2 nitrogen and oxygen atoms in total. The summed E-state index contributed by atoms with van der Waals surface area (Å²) in [7, 11) is 0. The molecule has 0 rings (SSSR count). The SMILES string of the molecule is CCCCCC(=O)C(C=O)(CC)CC. The number of aldehydes is 1. The van der Waals surface area contributed by atoms with Gasteiger partial charge in [0.25, 0.3) is 0 Å². The molecular formula is C12H22O2. The molecule has 0 aromatic rings. The highest BCUT2D eigenvalue weighted by Crippen LogP contribution is 2.27. The van der Waals surface area contributed by atoms with E-state index in [1.165, 1.54) is 0 Å². The Morgan fingerprint density at radius 1 is 1.14 bits per heavy atom. The van der Waals surface area contributed by atoms with Gasteiger partial charge >= 0.3 is 0 Å². The van der Waals surface area contributed by atoms with Crippen LogP contribution in [0.4, 0.5) is 0 Å². The Bertz CT molecular complexity index is 181. The van der Waals surface area contributed by atoms with Crippen LogP contribution in [0.1, 0.15) is 59.3 Å². The van der Waals surface area contributed by atoms with Crippen molar-refractivity contribution in [1.29, 1.82) is 0 Å². The van der Waals surface area contributed by atoms with E-state index in [1.54, 1.807) is 0 Å². The van der Waals surface area contributed by atoms with Gasteiger partial charge in [-0.3, -0.25) is 4.79 Å². The average molecular weight is 198 g/mol. The van der Waals surface area contributed by atoms with Crippen LogP contribution >= 0.6 is 0 Å². The molecule has 0 saturated carbocycles. The van der Waals surface area contributed by atoms with Crippen LogP contribution in [-0.4, -0.2) is 12.1 Å². The van der Waals surface area contributed by atoms with Crippen molar-refractivity contribution in [3.8, 4) is 0 Å². The molecule has 0 aliphatic rings. The summed E-state index contributed by atoms with van der Waals surface area (Å²) in [6.45, 7) is 5.93. The lowest BCUT2D eigenvalue weighted by molar-refractivity contribution is -0.135. The van der Waals surface area contributed by atoms with E-state index in [1.807, 2.05) is 13.8 Å². The van der Waals surface area contributed by atoms with Crippen LogP contribution in [0, 0.1) is 5.41 Å². The third-order valence-electron chi connectivity index (χ3n) is 3.05. The predicted octanol–water partition coefficient (Wildman–Crippen LogP) is 3.14. The zero-order chi connectivity index (χ0) is 11.0. The number of carbonyl (C=O) groups excluding carboxylic acids is 2. The lowest BCUT2D eigenvalue weighted by atomic mass is 9.78. The Morgan fingerprint density at radius 3 is 2.07 bits per heavy atom. The summed E-state index contributed by atoms with van der Waals surface area (Å²) < 4.78 is 0. The van der Waals surface area contributed by atoms with Crippen LogP contribution in [-0.2, 0) is 9.59 Å². The fraction of sp³-hybridized carbons (Fsp3) is 0.833. The number of hydrogen-bond acceptors (Lipinski definition) is 2. The molecule has 0 aliphatic carbocycles. The highest BCUT2D eigenvalue weighted by Gasteiger charge is 2.33. The number of carbonyl (C=O) groups is 2. The van der Waals surface area contributed by atoms with Crippen LogP contribution in [0.25, 0.3) is 0 Å². The first-order chi connectivity index (χ1) is 6.66. The molecule has 0 aromatic heterocycles. The summed E-state index contributed by atoms with van der Waals surface area (Å²) in [5.41, 5.74) is -0.687. The molecular weight excluding hydrogens is 176 g/mol. The van der Waals surface area contributed by atoms with Crippen molar-refractivity contribution in [3.63, 3.8) is 0 Å². The van der Waals surface area contributed by atoms with E-state index in [-0.39, 0.29) is 5.78 Å². The molecule has 0 radical (unpaired) electrons. The van der Waals surface area contributed by atoms with Gasteiger partial charge in [-0.2, -0.15) is 0 Å². The summed E-state index contributed by atoms with van der Waals surface area (Å²) >= 11 is 0. The van der Waals surface area contributed by atoms with E-state index in [0.717, 1.165) is 25.5 Å². The van der Waals surface area contributed by atoms with Gasteiger partial charge in [-0.15, -0.1) is 0 Å². The molecule has 0 bridgehead atoms. The molecule has 0 heterocycles. The maximum Gasteiger partial charge on any atom is 0.146 e. The van der Waals surface area contributed by atoms with Gasteiger partial charge in [0.05, 0.1) is 5.41 Å². The minimum atomic E-state index is -0.687. The zero-order valence-corrected chi connectivity index (χ0v) is 9.64. The minimum absolute atomic E-state index is 0.131. The van der Waals surface area contributed by atoms with E-state index in [9.17, 15) is 9.59 Å². The summed E-state index contributed by atoms with van der Waals surface area (Å²) in [6, 6.07) is 0. The molecule has 0 atom stereocenters. The highest BCUT2D eigenvalue weighted by atomic mass is 16.1. The monoisotopic (exact) mass is 198 g/mol. The van der Waals surface area contributed by atoms with Gasteiger partial charge in [0.15, 0.2) is 0 Å². The van der Waals surface area contributed by atoms with Gasteiger partial charge in [0.1, 0.15) is 12.1 Å². The Balaban J connectivity index is 4.22. The van der Waals surface area contributed by atoms with Crippen molar-refractivity contribution < 1.29 is 9.59 Å². The molecule has 0 aliphatic heterocycles. The zero-order valence-electron chi connectivity index (χ0n) is 9.64. The van der Waals surface area contributed by atoms with Crippen LogP contribution in [0.3, 0.4) is 0 Å². The van der Waals surface area contributed by atoms with Crippen LogP contribution < -0.4 is 0 Å². The first-order valence-electron chi connectivity index (χ1n) is 5.66. The molecule has 0 saturated heterocycles. The lowest BCUT2D eigenvalue weighted by Crippen LogP contribution is -2.31. The second-order valence-corrected chi connectivity index (χ2v) is 3.86. The normalized spacial score (nSPS) is 11.4. The van der Waals surface area contributed by atoms with Crippen molar-refractivity contribution >= 4 is 12.1 Å². The summed E-state index contributed by atoms with van der Waals surface area (Å²) in [6.07, 6.45) is 5.80. The summed E-state index contributed by atoms with van der Waals surface area (Å²) in [4.78, 5) is 22.7. The van der Waals surface area contributed by atoms with Crippen LogP contribution in [0.2, 0.25) is 0 Å². The molecule has 0 unspecified atom stereocenters. The summed E-state index contributed by atoms with van der Waals surface area (Å²) in [5.74, 6) is 0.131. The second-order valence-electron chi connectivity index (χ2n) is 3.86. The van der Waals surface area contributed by atoms with Gasteiger partial charge in [-0.1, -0.05) is 33.6 Å². The number of unbranched alkanes of at least 4 members (excludes halogenated alkanes) is 2. The smallest absolute Gasteiger partial charge is 0.146 e. The van der Waals surface area contributed by atoms with Gasteiger partial charge in [0.2, 0.25) is 0 Å². The first-order valence-corrected chi connectivity index (χ1v) is 5.66. The molecule has 0 spiro atoms. The maximum atomic E-state index is 11.8. The third kappa shape index (κ3) is 3.24. The van der Waals surface area contributed by atoms with Gasteiger partial charge < -0.3 is 4.79 Å². The van der Waals surface area contributed by atoms with Gasteiger partial charge in [-0.05, 0) is 19.3 Å². The predicted molar refractivity (Wildman–Crippen MR) is 58.2 cm³/mol. The number of rotatable bonds is 8. The fourth-order valence-electron chi connectivity index (χ4n) is 1.66. The van der Waals surface area contributed by atoms with E-state index in [4.69, 9.17) is 0 Å².